The van der Waals surface area contributed by atoms with Gasteiger partial charge in [-0.3, -0.25) is 9.59 Å². The zero-order valence-corrected chi connectivity index (χ0v) is 12.9. The SMILES string of the molecule is CCOC(=O)C(CC)(CC)C(=O)OCC.[Zr]. The van der Waals surface area contributed by atoms with Gasteiger partial charge in [0.1, 0.15) is 0 Å². The van der Waals surface area contributed by atoms with Gasteiger partial charge in [-0.2, -0.15) is 0 Å². The van der Waals surface area contributed by atoms with Crippen LogP contribution in [-0.4, -0.2) is 25.2 Å². The van der Waals surface area contributed by atoms with Gasteiger partial charge in [0.05, 0.1) is 13.2 Å². The first-order valence-corrected chi connectivity index (χ1v) is 5.43. The molecule has 0 unspecified atom stereocenters. The summed E-state index contributed by atoms with van der Waals surface area (Å²) in [7, 11) is 0. The Hall–Kier alpha value is -0.177. The molecule has 0 aromatic rings. The maximum absolute atomic E-state index is 11.7. The summed E-state index contributed by atoms with van der Waals surface area (Å²) < 4.78 is 9.83. The standard InChI is InChI=1S/C11H20O4.Zr/c1-5-11(6-2,9(12)14-7-3)10(13)15-8-4;/h5-8H2,1-4H3;. The van der Waals surface area contributed by atoms with Crippen LogP contribution in [0.2, 0.25) is 0 Å². The Balaban J connectivity index is 0. The van der Waals surface area contributed by atoms with Gasteiger partial charge >= 0.3 is 11.9 Å². The van der Waals surface area contributed by atoms with Crippen molar-refractivity contribution in [2.75, 3.05) is 13.2 Å². The molecule has 0 aliphatic carbocycles. The van der Waals surface area contributed by atoms with Crippen LogP contribution in [-0.2, 0) is 45.3 Å². The average molecular weight is 308 g/mol. The third kappa shape index (κ3) is 4.00. The Bertz CT molecular complexity index is 204. The summed E-state index contributed by atoms with van der Waals surface area (Å²) in [6.07, 6.45) is 0.808. The second-order valence-corrected chi connectivity index (χ2v) is 3.23. The summed E-state index contributed by atoms with van der Waals surface area (Å²) in [5, 5.41) is 0. The van der Waals surface area contributed by atoms with Gasteiger partial charge in [-0.05, 0) is 26.7 Å². The van der Waals surface area contributed by atoms with Gasteiger partial charge in [-0.1, -0.05) is 13.8 Å². The van der Waals surface area contributed by atoms with E-state index in [0.29, 0.717) is 12.8 Å². The number of esters is 2. The first-order valence-electron chi connectivity index (χ1n) is 5.43. The minimum absolute atomic E-state index is 0. The second kappa shape index (κ2) is 8.92. The van der Waals surface area contributed by atoms with Gasteiger partial charge in [0, 0.05) is 26.2 Å². The topological polar surface area (TPSA) is 52.6 Å². The second-order valence-electron chi connectivity index (χ2n) is 3.23. The summed E-state index contributed by atoms with van der Waals surface area (Å²) in [5.41, 5.74) is -1.12. The van der Waals surface area contributed by atoms with Crippen molar-refractivity contribution in [2.45, 2.75) is 40.5 Å². The molecule has 0 N–H and O–H groups in total. The monoisotopic (exact) mass is 306 g/mol. The maximum atomic E-state index is 11.7. The van der Waals surface area contributed by atoms with Crippen molar-refractivity contribution in [3.8, 4) is 0 Å². The molecular formula is C11H20O4Zr. The number of hydrogen-bond acceptors (Lipinski definition) is 4. The van der Waals surface area contributed by atoms with Gasteiger partial charge in [-0.25, -0.2) is 0 Å². The summed E-state index contributed by atoms with van der Waals surface area (Å²) >= 11 is 0. The Morgan fingerprint density at radius 2 is 1.19 bits per heavy atom. The van der Waals surface area contributed by atoms with E-state index in [4.69, 9.17) is 9.47 Å². The fourth-order valence-corrected chi connectivity index (χ4v) is 1.45. The normalized spacial score (nSPS) is 10.2. The van der Waals surface area contributed by atoms with E-state index in [2.05, 4.69) is 0 Å². The van der Waals surface area contributed by atoms with Crippen LogP contribution in [0.5, 0.6) is 0 Å². The van der Waals surface area contributed by atoms with Crippen LogP contribution in [0.15, 0.2) is 0 Å². The molecule has 0 saturated carbocycles. The number of hydrogen-bond donors (Lipinski definition) is 0. The molecule has 0 aliphatic heterocycles. The Morgan fingerprint density at radius 1 is 0.875 bits per heavy atom. The van der Waals surface area contributed by atoms with Crippen molar-refractivity contribution in [3.63, 3.8) is 0 Å². The summed E-state index contributed by atoms with van der Waals surface area (Å²) in [6.45, 7) is 7.58. The van der Waals surface area contributed by atoms with E-state index in [0.717, 1.165) is 0 Å². The molecule has 0 fully saturated rings. The number of ether oxygens (including phenoxy) is 2. The van der Waals surface area contributed by atoms with Crippen LogP contribution >= 0.6 is 0 Å². The van der Waals surface area contributed by atoms with Gasteiger partial charge < -0.3 is 9.47 Å². The van der Waals surface area contributed by atoms with E-state index in [9.17, 15) is 9.59 Å². The van der Waals surface area contributed by atoms with Crippen molar-refractivity contribution in [1.29, 1.82) is 0 Å². The van der Waals surface area contributed by atoms with E-state index in [1.165, 1.54) is 0 Å². The molecule has 0 rings (SSSR count). The Labute approximate surface area is 116 Å². The molecule has 0 atom stereocenters. The minimum Gasteiger partial charge on any atom is -0.465 e. The van der Waals surface area contributed by atoms with Gasteiger partial charge in [0.25, 0.3) is 0 Å². The quantitative estimate of drug-likeness (QED) is 0.556. The van der Waals surface area contributed by atoms with Crippen LogP contribution in [0.1, 0.15) is 40.5 Å². The predicted octanol–water partition coefficient (Wildman–Crippen LogP) is 1.92. The van der Waals surface area contributed by atoms with Gasteiger partial charge in [0.2, 0.25) is 0 Å². The van der Waals surface area contributed by atoms with Gasteiger partial charge in [-0.15, -0.1) is 0 Å². The van der Waals surface area contributed by atoms with E-state index in [1.54, 1.807) is 27.7 Å². The van der Waals surface area contributed by atoms with Crippen molar-refractivity contribution < 1.29 is 45.3 Å². The van der Waals surface area contributed by atoms with Gasteiger partial charge in [0.15, 0.2) is 5.41 Å². The fourth-order valence-electron chi connectivity index (χ4n) is 1.45. The Kier molecular flexibility index (Phi) is 10.1. The molecule has 0 radical (unpaired) electrons. The predicted molar refractivity (Wildman–Crippen MR) is 56.3 cm³/mol. The van der Waals surface area contributed by atoms with Crippen LogP contribution < -0.4 is 0 Å². The average Bonchev–Trinajstić information content (AvgIpc) is 2.21. The molecule has 16 heavy (non-hydrogen) atoms. The largest absolute Gasteiger partial charge is 0.465 e. The van der Waals surface area contributed by atoms with Crippen molar-refractivity contribution in [3.05, 3.63) is 0 Å². The zero-order valence-electron chi connectivity index (χ0n) is 10.5. The van der Waals surface area contributed by atoms with E-state index < -0.39 is 17.4 Å². The summed E-state index contributed by atoms with van der Waals surface area (Å²) in [6, 6.07) is 0. The summed E-state index contributed by atoms with van der Waals surface area (Å²) in [4.78, 5) is 23.4. The molecule has 0 spiro atoms. The summed E-state index contributed by atoms with van der Waals surface area (Å²) in [5.74, 6) is -0.957. The smallest absolute Gasteiger partial charge is 0.323 e. The minimum atomic E-state index is -1.12. The molecule has 0 saturated heterocycles. The van der Waals surface area contributed by atoms with Crippen LogP contribution in [0, 0.1) is 5.41 Å². The van der Waals surface area contributed by atoms with Crippen LogP contribution in [0.4, 0.5) is 0 Å². The number of rotatable bonds is 6. The molecular weight excluding hydrogens is 287 g/mol. The molecule has 0 bridgehead atoms. The molecule has 5 heteroatoms. The first kappa shape index (κ1) is 18.2. The van der Waals surface area contributed by atoms with E-state index >= 15 is 0 Å². The third-order valence-corrected chi connectivity index (χ3v) is 2.54. The molecule has 4 nitrogen and oxygen atoms in total. The molecule has 0 amide bonds. The van der Waals surface area contributed by atoms with Crippen molar-refractivity contribution >= 4 is 11.9 Å². The molecule has 0 aromatic heterocycles. The number of carbonyl (C=O) groups is 2. The van der Waals surface area contributed by atoms with Crippen molar-refractivity contribution in [1.82, 2.24) is 0 Å². The zero-order chi connectivity index (χ0) is 11.9. The Morgan fingerprint density at radius 3 is 1.38 bits per heavy atom. The molecule has 0 aromatic carbocycles. The van der Waals surface area contributed by atoms with E-state index in [1.807, 2.05) is 0 Å². The van der Waals surface area contributed by atoms with Crippen LogP contribution in [0.3, 0.4) is 0 Å². The third-order valence-electron chi connectivity index (χ3n) is 2.54. The maximum Gasteiger partial charge on any atom is 0.323 e. The van der Waals surface area contributed by atoms with Crippen LogP contribution in [0.25, 0.3) is 0 Å². The molecule has 92 valence electrons. The van der Waals surface area contributed by atoms with E-state index in [-0.39, 0.29) is 39.4 Å². The first-order chi connectivity index (χ1) is 7.08. The molecule has 0 aliphatic rings. The number of carbonyl (C=O) groups excluding carboxylic acids is 2. The van der Waals surface area contributed by atoms with Crippen molar-refractivity contribution in [2.24, 2.45) is 5.41 Å². The fraction of sp³-hybridized carbons (Fsp3) is 0.818. The molecule has 0 heterocycles.